The molecule has 9 N–H and O–H groups in total. The van der Waals surface area contributed by atoms with E-state index in [1.54, 1.807) is 13.8 Å². The van der Waals surface area contributed by atoms with Crippen molar-refractivity contribution >= 4 is 29.6 Å². The van der Waals surface area contributed by atoms with Crippen molar-refractivity contribution in [3.8, 4) is 0 Å². The molecular formula is C19H31N7O6. The highest BCUT2D eigenvalue weighted by molar-refractivity contribution is 5.96. The zero-order valence-corrected chi connectivity index (χ0v) is 18.3. The summed E-state index contributed by atoms with van der Waals surface area (Å²) >= 11 is 0. The maximum Gasteiger partial charge on any atom is 0.326 e. The van der Waals surface area contributed by atoms with E-state index in [0.717, 1.165) is 0 Å². The van der Waals surface area contributed by atoms with Crippen LogP contribution >= 0.6 is 0 Å². The predicted octanol–water partition coefficient (Wildman–Crippen LogP) is -2.24. The Hall–Kier alpha value is -3.48. The third-order valence-electron chi connectivity index (χ3n) is 4.39. The minimum atomic E-state index is -1.44. The maximum atomic E-state index is 12.9. The first-order chi connectivity index (χ1) is 14.9. The summed E-state index contributed by atoms with van der Waals surface area (Å²) in [7, 11) is 0. The Balaban J connectivity index is 3.02. The quantitative estimate of drug-likeness (QED) is 0.172. The largest absolute Gasteiger partial charge is 0.480 e. The van der Waals surface area contributed by atoms with Gasteiger partial charge in [-0.2, -0.15) is 0 Å². The van der Waals surface area contributed by atoms with Gasteiger partial charge in [0, 0.05) is 18.3 Å². The number of carbonyl (C=O) groups excluding carboxylic acids is 4. The molecule has 0 aromatic carbocycles. The Bertz CT molecular complexity index is 809. The Morgan fingerprint density at radius 3 is 2.03 bits per heavy atom. The second-order valence-corrected chi connectivity index (χ2v) is 7.89. The molecule has 1 heterocycles. The molecule has 0 aliphatic heterocycles. The Morgan fingerprint density at radius 1 is 1.00 bits per heavy atom. The van der Waals surface area contributed by atoms with Gasteiger partial charge in [-0.05, 0) is 19.3 Å². The number of carboxylic acid groups (broad SMARTS) is 1. The summed E-state index contributed by atoms with van der Waals surface area (Å²) < 4.78 is 0. The van der Waals surface area contributed by atoms with Crippen molar-refractivity contribution in [1.82, 2.24) is 25.9 Å². The summed E-state index contributed by atoms with van der Waals surface area (Å²) in [6, 6.07) is -4.70. The number of nitrogens with one attached hydrogen (secondary N) is 4. The van der Waals surface area contributed by atoms with Crippen LogP contribution in [0.3, 0.4) is 0 Å². The monoisotopic (exact) mass is 453 g/mol. The van der Waals surface area contributed by atoms with Crippen LogP contribution in [0.1, 0.15) is 39.3 Å². The van der Waals surface area contributed by atoms with Crippen molar-refractivity contribution in [3.63, 3.8) is 0 Å². The van der Waals surface area contributed by atoms with Crippen LogP contribution in [-0.4, -0.2) is 68.8 Å². The molecule has 0 bridgehead atoms. The summed E-state index contributed by atoms with van der Waals surface area (Å²) in [6.45, 7) is 5.00. The molecule has 0 saturated heterocycles. The van der Waals surface area contributed by atoms with Crippen LogP contribution in [0.15, 0.2) is 12.5 Å². The first-order valence-electron chi connectivity index (χ1n) is 10.1. The summed E-state index contributed by atoms with van der Waals surface area (Å²) in [5, 5.41) is 16.5. The molecule has 0 spiro atoms. The zero-order chi connectivity index (χ0) is 24.4. The van der Waals surface area contributed by atoms with Gasteiger partial charge in [0.1, 0.15) is 18.1 Å². The molecular weight excluding hydrogens is 422 g/mol. The van der Waals surface area contributed by atoms with Gasteiger partial charge in [0.15, 0.2) is 0 Å². The molecule has 13 heteroatoms. The molecule has 0 radical (unpaired) electrons. The normalized spacial score (nSPS) is 14.7. The van der Waals surface area contributed by atoms with E-state index in [1.807, 2.05) is 0 Å². The van der Waals surface area contributed by atoms with Crippen molar-refractivity contribution in [2.24, 2.45) is 17.4 Å². The van der Waals surface area contributed by atoms with E-state index in [9.17, 15) is 29.1 Å². The van der Waals surface area contributed by atoms with Crippen molar-refractivity contribution in [3.05, 3.63) is 18.2 Å². The lowest BCUT2D eigenvalue weighted by atomic mass is 10.0. The number of imidazole rings is 1. The molecule has 0 fully saturated rings. The first kappa shape index (κ1) is 26.6. The van der Waals surface area contributed by atoms with Gasteiger partial charge in [-0.25, -0.2) is 9.78 Å². The fourth-order valence-electron chi connectivity index (χ4n) is 2.78. The number of nitrogens with two attached hydrogens (primary N) is 2. The van der Waals surface area contributed by atoms with Gasteiger partial charge in [0.2, 0.25) is 23.6 Å². The number of amides is 4. The number of nitrogens with zero attached hydrogens (tertiary/aromatic N) is 1. The van der Waals surface area contributed by atoms with E-state index in [0.29, 0.717) is 5.69 Å². The molecule has 178 valence electrons. The Morgan fingerprint density at radius 2 is 1.56 bits per heavy atom. The first-order valence-corrected chi connectivity index (χ1v) is 10.1. The van der Waals surface area contributed by atoms with Crippen LogP contribution in [0.5, 0.6) is 0 Å². The number of aromatic nitrogens is 2. The molecule has 4 atom stereocenters. The SMILES string of the molecule is CC(C)CC(NC(=O)C(CC(N)=O)NC(=O)C(Cc1cnc[nH]1)NC(=O)C(C)N)C(=O)O. The van der Waals surface area contributed by atoms with Gasteiger partial charge in [-0.3, -0.25) is 19.2 Å². The number of hydrogen-bond acceptors (Lipinski definition) is 7. The van der Waals surface area contributed by atoms with Gasteiger partial charge >= 0.3 is 5.97 Å². The molecule has 13 nitrogen and oxygen atoms in total. The van der Waals surface area contributed by atoms with Crippen molar-refractivity contribution in [2.75, 3.05) is 0 Å². The lowest BCUT2D eigenvalue weighted by Gasteiger charge is -2.24. The molecule has 32 heavy (non-hydrogen) atoms. The number of aliphatic carboxylic acids is 1. The smallest absolute Gasteiger partial charge is 0.326 e. The maximum absolute atomic E-state index is 12.9. The van der Waals surface area contributed by atoms with Crippen LogP contribution in [-0.2, 0) is 30.4 Å². The van der Waals surface area contributed by atoms with Gasteiger partial charge in [0.25, 0.3) is 0 Å². The van der Waals surface area contributed by atoms with E-state index in [1.165, 1.54) is 19.4 Å². The Kier molecular flexibility index (Phi) is 10.3. The fourth-order valence-corrected chi connectivity index (χ4v) is 2.78. The van der Waals surface area contributed by atoms with Gasteiger partial charge in [-0.1, -0.05) is 13.8 Å². The predicted molar refractivity (Wildman–Crippen MR) is 113 cm³/mol. The van der Waals surface area contributed by atoms with E-state index >= 15 is 0 Å². The molecule has 4 amide bonds. The summed E-state index contributed by atoms with van der Waals surface area (Å²) in [4.78, 5) is 67.1. The van der Waals surface area contributed by atoms with Crippen molar-refractivity contribution < 1.29 is 29.1 Å². The molecule has 0 aliphatic rings. The average molecular weight is 454 g/mol. The summed E-state index contributed by atoms with van der Waals surface area (Å²) in [5.74, 6) is -4.45. The number of aromatic amines is 1. The lowest BCUT2D eigenvalue weighted by molar-refractivity contribution is -0.143. The standard InChI is InChI=1S/C19H31N7O6/c1-9(2)4-14(19(31)32)26-18(30)13(6-15(21)27)25-17(29)12(24-16(28)10(3)20)5-11-7-22-8-23-11/h7-10,12-14H,4-6,20H2,1-3H3,(H2,21,27)(H,22,23)(H,24,28)(H,25,29)(H,26,30)(H,31,32). The van der Waals surface area contributed by atoms with Crippen LogP contribution in [0.25, 0.3) is 0 Å². The van der Waals surface area contributed by atoms with Crippen LogP contribution in [0.4, 0.5) is 0 Å². The average Bonchev–Trinajstić information content (AvgIpc) is 3.18. The molecule has 0 saturated carbocycles. The molecule has 1 rings (SSSR count). The highest BCUT2D eigenvalue weighted by Crippen LogP contribution is 2.07. The highest BCUT2D eigenvalue weighted by atomic mass is 16.4. The van der Waals surface area contributed by atoms with Crippen molar-refractivity contribution in [1.29, 1.82) is 0 Å². The molecule has 1 aromatic heterocycles. The van der Waals surface area contributed by atoms with Crippen LogP contribution in [0.2, 0.25) is 0 Å². The third-order valence-corrected chi connectivity index (χ3v) is 4.39. The van der Waals surface area contributed by atoms with E-state index < -0.39 is 60.2 Å². The minimum absolute atomic E-state index is 0.000302. The summed E-state index contributed by atoms with van der Waals surface area (Å²) in [5.41, 5.74) is 11.3. The van der Waals surface area contributed by atoms with Crippen molar-refractivity contribution in [2.45, 2.75) is 64.2 Å². The van der Waals surface area contributed by atoms with E-state index in [-0.39, 0.29) is 18.8 Å². The second-order valence-electron chi connectivity index (χ2n) is 7.89. The number of carbonyl (C=O) groups is 5. The highest BCUT2D eigenvalue weighted by Gasteiger charge is 2.31. The Labute approximate surface area is 185 Å². The van der Waals surface area contributed by atoms with Crippen LogP contribution < -0.4 is 27.4 Å². The van der Waals surface area contributed by atoms with Crippen LogP contribution in [0, 0.1) is 5.92 Å². The fraction of sp³-hybridized carbons (Fsp3) is 0.579. The van der Waals surface area contributed by atoms with Gasteiger partial charge in [0.05, 0.1) is 18.8 Å². The number of H-pyrrole nitrogens is 1. The number of rotatable bonds is 13. The molecule has 4 unspecified atom stereocenters. The second kappa shape index (κ2) is 12.4. The summed E-state index contributed by atoms with van der Waals surface area (Å²) in [6.07, 6.45) is 2.42. The third kappa shape index (κ3) is 9.12. The van der Waals surface area contributed by atoms with E-state index in [4.69, 9.17) is 11.5 Å². The lowest BCUT2D eigenvalue weighted by Crippen LogP contribution is -2.58. The van der Waals surface area contributed by atoms with E-state index in [2.05, 4.69) is 25.9 Å². The topological polar surface area (TPSA) is 222 Å². The molecule has 1 aromatic rings. The number of hydrogen-bond donors (Lipinski definition) is 7. The molecule has 0 aliphatic carbocycles. The zero-order valence-electron chi connectivity index (χ0n) is 18.3. The number of carboxylic acids is 1. The van der Waals surface area contributed by atoms with Gasteiger partial charge in [-0.15, -0.1) is 0 Å². The van der Waals surface area contributed by atoms with Gasteiger partial charge < -0.3 is 37.5 Å². The minimum Gasteiger partial charge on any atom is -0.480 e. The number of primary amides is 1.